The lowest BCUT2D eigenvalue weighted by atomic mass is 10.3. The van der Waals surface area contributed by atoms with Gasteiger partial charge >= 0.3 is 5.97 Å². The molecule has 0 aliphatic heterocycles. The van der Waals surface area contributed by atoms with Gasteiger partial charge in [0, 0.05) is 5.75 Å². The van der Waals surface area contributed by atoms with Crippen molar-refractivity contribution < 1.29 is 15.0 Å². The Hall–Kier alpha value is -1.27. The van der Waals surface area contributed by atoms with Crippen molar-refractivity contribution in [1.29, 1.82) is 0 Å². The van der Waals surface area contributed by atoms with Gasteiger partial charge in [-0.3, -0.25) is 4.79 Å². The van der Waals surface area contributed by atoms with Gasteiger partial charge in [-0.1, -0.05) is 11.8 Å². The topological polar surface area (TPSA) is 70.4 Å². The van der Waals surface area contributed by atoms with Crippen LogP contribution < -0.4 is 0 Å². The zero-order valence-electron chi connectivity index (χ0n) is 8.21. The van der Waals surface area contributed by atoms with Gasteiger partial charge in [0.25, 0.3) is 0 Å². The second-order valence-corrected chi connectivity index (χ2v) is 5.50. The molecule has 0 aliphatic rings. The lowest BCUT2D eigenvalue weighted by Crippen LogP contribution is -1.95. The number of nitrogens with zero attached hydrogens (tertiary/aromatic N) is 1. The Morgan fingerprint density at radius 1 is 1.50 bits per heavy atom. The van der Waals surface area contributed by atoms with Gasteiger partial charge in [-0.15, -0.1) is 11.3 Å². The predicted molar refractivity (Wildman–Crippen MR) is 64.3 cm³/mol. The van der Waals surface area contributed by atoms with Crippen LogP contribution in [0.5, 0.6) is 5.75 Å². The standard InChI is InChI=1S/C10H9NO3S2/c12-6-1-2-7-8(5-6)16-10(11-7)15-4-3-9(13)14/h1-2,5,12H,3-4H2,(H,13,14). The number of aliphatic carboxylic acids is 1. The summed E-state index contributed by atoms with van der Waals surface area (Å²) in [5, 5.41) is 17.8. The number of hydrogen-bond acceptors (Lipinski definition) is 5. The van der Waals surface area contributed by atoms with Crippen molar-refractivity contribution in [3.05, 3.63) is 18.2 Å². The molecule has 1 aromatic heterocycles. The van der Waals surface area contributed by atoms with Crippen molar-refractivity contribution >= 4 is 39.3 Å². The first-order valence-electron chi connectivity index (χ1n) is 4.59. The Morgan fingerprint density at radius 3 is 3.06 bits per heavy atom. The molecule has 2 N–H and O–H groups in total. The molecule has 4 nitrogen and oxygen atoms in total. The first-order valence-corrected chi connectivity index (χ1v) is 6.39. The summed E-state index contributed by atoms with van der Waals surface area (Å²) >= 11 is 2.89. The van der Waals surface area contributed by atoms with Crippen LogP contribution >= 0.6 is 23.1 Å². The average molecular weight is 255 g/mol. The van der Waals surface area contributed by atoms with Crippen LogP contribution in [-0.2, 0) is 4.79 Å². The molecule has 0 fully saturated rings. The van der Waals surface area contributed by atoms with E-state index in [9.17, 15) is 9.90 Å². The van der Waals surface area contributed by atoms with E-state index >= 15 is 0 Å². The highest BCUT2D eigenvalue weighted by atomic mass is 32.2. The van der Waals surface area contributed by atoms with E-state index in [2.05, 4.69) is 4.98 Å². The SMILES string of the molecule is O=C(O)CCSc1nc2ccc(O)cc2s1. The first-order chi connectivity index (χ1) is 7.65. The van der Waals surface area contributed by atoms with E-state index in [0.717, 1.165) is 14.6 Å². The number of thioether (sulfide) groups is 1. The Morgan fingerprint density at radius 2 is 2.31 bits per heavy atom. The third kappa shape index (κ3) is 2.65. The second kappa shape index (κ2) is 4.71. The van der Waals surface area contributed by atoms with Crippen molar-refractivity contribution in [3.63, 3.8) is 0 Å². The van der Waals surface area contributed by atoms with Gasteiger partial charge in [-0.2, -0.15) is 0 Å². The summed E-state index contributed by atoms with van der Waals surface area (Å²) in [5.74, 6) is -0.0642. The van der Waals surface area contributed by atoms with Crippen molar-refractivity contribution in [3.8, 4) is 5.75 Å². The number of thiazole rings is 1. The van der Waals surface area contributed by atoms with E-state index in [1.807, 2.05) is 0 Å². The third-order valence-electron chi connectivity index (χ3n) is 1.89. The van der Waals surface area contributed by atoms with Crippen molar-refractivity contribution in [2.24, 2.45) is 0 Å². The molecule has 0 bridgehead atoms. The molecule has 16 heavy (non-hydrogen) atoms. The number of carboxylic acid groups (broad SMARTS) is 1. The number of hydrogen-bond donors (Lipinski definition) is 2. The molecule has 2 aromatic rings. The first kappa shape index (κ1) is 11.2. The summed E-state index contributed by atoms with van der Waals surface area (Å²) in [6.07, 6.45) is 0.131. The van der Waals surface area contributed by atoms with E-state index in [1.165, 1.54) is 23.1 Å². The van der Waals surface area contributed by atoms with Crippen LogP contribution in [0.4, 0.5) is 0 Å². The number of fused-ring (bicyclic) bond motifs is 1. The number of carboxylic acids is 1. The van der Waals surface area contributed by atoms with Crippen molar-refractivity contribution in [1.82, 2.24) is 4.98 Å². The number of rotatable bonds is 4. The van der Waals surface area contributed by atoms with Gasteiger partial charge in [0.15, 0.2) is 4.34 Å². The Balaban J connectivity index is 2.10. The van der Waals surface area contributed by atoms with Crippen LogP contribution in [0.2, 0.25) is 0 Å². The van der Waals surface area contributed by atoms with Crippen molar-refractivity contribution in [2.45, 2.75) is 10.8 Å². The average Bonchev–Trinajstić information content (AvgIpc) is 2.58. The summed E-state index contributed by atoms with van der Waals surface area (Å²) in [6.45, 7) is 0. The molecule has 1 aromatic carbocycles. The van der Waals surface area contributed by atoms with E-state index in [4.69, 9.17) is 5.11 Å². The second-order valence-electron chi connectivity index (χ2n) is 3.12. The Bertz CT molecular complexity index is 524. The minimum atomic E-state index is -0.800. The Labute approximate surface area is 99.9 Å². The molecule has 6 heteroatoms. The summed E-state index contributed by atoms with van der Waals surface area (Å²) < 4.78 is 1.75. The molecule has 0 saturated heterocycles. The highest BCUT2D eigenvalue weighted by molar-refractivity contribution is 8.01. The normalized spacial score (nSPS) is 10.8. The molecule has 0 spiro atoms. The zero-order valence-corrected chi connectivity index (χ0v) is 9.85. The monoisotopic (exact) mass is 255 g/mol. The maximum absolute atomic E-state index is 10.3. The quantitative estimate of drug-likeness (QED) is 0.822. The van der Waals surface area contributed by atoms with Crippen LogP contribution in [0, 0.1) is 0 Å². The van der Waals surface area contributed by atoms with E-state index in [0.29, 0.717) is 5.75 Å². The minimum Gasteiger partial charge on any atom is -0.508 e. The fourth-order valence-electron chi connectivity index (χ4n) is 1.18. The number of aromatic hydroxyl groups is 1. The van der Waals surface area contributed by atoms with Gasteiger partial charge in [-0.25, -0.2) is 4.98 Å². The molecule has 1 heterocycles. The van der Waals surface area contributed by atoms with Crippen LogP contribution in [0.15, 0.2) is 22.5 Å². The molecule has 0 saturated carbocycles. The van der Waals surface area contributed by atoms with Gasteiger partial charge in [0.05, 0.1) is 16.6 Å². The summed E-state index contributed by atoms with van der Waals surface area (Å²) in [6, 6.07) is 5.00. The zero-order chi connectivity index (χ0) is 11.5. The molecule has 0 amide bonds. The third-order valence-corrected chi connectivity index (χ3v) is 4.06. The fraction of sp³-hybridized carbons (Fsp3) is 0.200. The minimum absolute atomic E-state index is 0.131. The molecule has 0 atom stereocenters. The van der Waals surface area contributed by atoms with Crippen LogP contribution in [-0.4, -0.2) is 26.9 Å². The number of phenolic OH excluding ortho intramolecular Hbond substituents is 1. The molecular weight excluding hydrogens is 246 g/mol. The number of carbonyl (C=O) groups is 1. The van der Waals surface area contributed by atoms with E-state index in [1.54, 1.807) is 18.2 Å². The lowest BCUT2D eigenvalue weighted by molar-refractivity contribution is -0.136. The Kier molecular flexibility index (Phi) is 3.31. The smallest absolute Gasteiger partial charge is 0.304 e. The molecule has 0 aliphatic carbocycles. The largest absolute Gasteiger partial charge is 0.508 e. The van der Waals surface area contributed by atoms with Crippen LogP contribution in [0.3, 0.4) is 0 Å². The van der Waals surface area contributed by atoms with Crippen LogP contribution in [0.1, 0.15) is 6.42 Å². The van der Waals surface area contributed by atoms with Gasteiger partial charge in [0.1, 0.15) is 5.75 Å². The molecule has 0 unspecified atom stereocenters. The van der Waals surface area contributed by atoms with Gasteiger partial charge < -0.3 is 10.2 Å². The number of phenols is 1. The van der Waals surface area contributed by atoms with Gasteiger partial charge in [0.2, 0.25) is 0 Å². The van der Waals surface area contributed by atoms with Gasteiger partial charge in [-0.05, 0) is 18.2 Å². The molecule has 84 valence electrons. The summed E-state index contributed by atoms with van der Waals surface area (Å²) in [4.78, 5) is 14.7. The molecular formula is C10H9NO3S2. The molecule has 2 rings (SSSR count). The maximum atomic E-state index is 10.3. The number of benzene rings is 1. The molecule has 0 radical (unpaired) electrons. The summed E-state index contributed by atoms with van der Waals surface area (Å²) in [7, 11) is 0. The highest BCUT2D eigenvalue weighted by Gasteiger charge is 2.06. The predicted octanol–water partition coefficient (Wildman–Crippen LogP) is 2.57. The maximum Gasteiger partial charge on any atom is 0.304 e. The fourth-order valence-corrected chi connectivity index (χ4v) is 3.28. The highest BCUT2D eigenvalue weighted by Crippen LogP contribution is 2.31. The van der Waals surface area contributed by atoms with Crippen LogP contribution in [0.25, 0.3) is 10.2 Å². The summed E-state index contributed by atoms with van der Waals surface area (Å²) in [5.41, 5.74) is 0.834. The van der Waals surface area contributed by atoms with E-state index < -0.39 is 5.97 Å². The van der Waals surface area contributed by atoms with E-state index in [-0.39, 0.29) is 12.2 Å². The number of aromatic nitrogens is 1. The van der Waals surface area contributed by atoms with Crippen molar-refractivity contribution in [2.75, 3.05) is 5.75 Å². The lowest BCUT2D eigenvalue weighted by Gasteiger charge is -1.91.